The molecule has 0 unspecified atom stereocenters. The molecule has 0 spiro atoms. The van der Waals surface area contributed by atoms with Crippen LogP contribution < -0.4 is 0 Å². The first-order valence-corrected chi connectivity index (χ1v) is 15.6. The van der Waals surface area contributed by atoms with Crippen molar-refractivity contribution in [3.63, 3.8) is 0 Å². The molecule has 0 bridgehead atoms. The Bertz CT molecular complexity index is 2890. The summed E-state index contributed by atoms with van der Waals surface area (Å²) in [5.74, 6) is 0. The Kier molecular flexibility index (Phi) is 4.83. The van der Waals surface area contributed by atoms with Gasteiger partial charge in [0.2, 0.25) is 0 Å². The lowest BCUT2D eigenvalue weighted by Crippen LogP contribution is -1.84. The molecular weight excluding hydrogens is 544 g/mol. The van der Waals surface area contributed by atoms with Crippen molar-refractivity contribution in [1.29, 1.82) is 0 Å². The Morgan fingerprint density at radius 1 is 0.556 bits per heavy atom. The lowest BCUT2D eigenvalue weighted by molar-refractivity contribution is 1.37. The number of benzene rings is 6. The Labute approximate surface area is 259 Å². The van der Waals surface area contributed by atoms with Gasteiger partial charge in [-0.05, 0) is 59.5 Å². The third-order valence-electron chi connectivity index (χ3n) is 9.93. The number of aromatic nitrogens is 2. The molecule has 0 atom stereocenters. The van der Waals surface area contributed by atoms with Gasteiger partial charge in [-0.15, -0.1) is 0 Å². The largest absolute Gasteiger partial charge is 0.308 e. The summed E-state index contributed by atoms with van der Waals surface area (Å²) in [7, 11) is 0. The fourth-order valence-corrected chi connectivity index (χ4v) is 8.06. The topological polar surface area (TPSA) is 8.82 Å². The van der Waals surface area contributed by atoms with E-state index in [1.807, 2.05) is 12.2 Å². The zero-order valence-corrected chi connectivity index (χ0v) is 24.9. The molecule has 6 aromatic carbocycles. The minimum Gasteiger partial charge on any atom is -0.308 e. The first-order chi connectivity index (χ1) is 22.3. The minimum absolute atomic E-state index is 1.19. The molecule has 4 aromatic heterocycles. The number of rotatable bonds is 4. The van der Waals surface area contributed by atoms with E-state index in [1.165, 1.54) is 98.5 Å². The van der Waals surface area contributed by atoms with E-state index >= 15 is 0 Å². The van der Waals surface area contributed by atoms with Crippen molar-refractivity contribution in [1.82, 2.24) is 8.80 Å². The number of hydrogen-bond donors (Lipinski definition) is 0. The molecule has 0 saturated heterocycles. The zero-order chi connectivity index (χ0) is 29.8. The molecule has 0 fully saturated rings. The van der Waals surface area contributed by atoms with Gasteiger partial charge in [0.1, 0.15) is 0 Å². The Balaban J connectivity index is 1.30. The summed E-state index contributed by atoms with van der Waals surface area (Å²) in [6.07, 6.45) is 8.13. The highest BCUT2D eigenvalue weighted by atomic mass is 14.9. The monoisotopic (exact) mass is 572 g/mol. The molecule has 0 radical (unpaired) electrons. The van der Waals surface area contributed by atoms with Gasteiger partial charge in [-0.2, -0.15) is 0 Å². The molecule has 45 heavy (non-hydrogen) atoms. The van der Waals surface area contributed by atoms with Crippen LogP contribution in [0.4, 0.5) is 0 Å². The maximum atomic E-state index is 3.86. The van der Waals surface area contributed by atoms with Crippen molar-refractivity contribution in [2.45, 2.75) is 6.92 Å². The van der Waals surface area contributed by atoms with Crippen LogP contribution in [0.15, 0.2) is 146 Å². The summed E-state index contributed by atoms with van der Waals surface area (Å²) in [4.78, 5) is 0. The van der Waals surface area contributed by atoms with Crippen molar-refractivity contribution in [3.05, 3.63) is 152 Å². The van der Waals surface area contributed by atoms with E-state index in [2.05, 4.69) is 150 Å². The van der Waals surface area contributed by atoms with Gasteiger partial charge in [0.25, 0.3) is 0 Å². The van der Waals surface area contributed by atoms with Crippen LogP contribution in [-0.2, 0) is 0 Å². The molecule has 0 aliphatic rings. The smallest absolute Gasteiger partial charge is 0.0626 e. The number of nitrogens with zero attached hydrogens (tertiary/aromatic N) is 2. The molecule has 210 valence electrons. The van der Waals surface area contributed by atoms with Crippen molar-refractivity contribution in [3.8, 4) is 11.1 Å². The second-order valence-electron chi connectivity index (χ2n) is 12.1. The van der Waals surface area contributed by atoms with Crippen molar-refractivity contribution in [2.24, 2.45) is 0 Å². The van der Waals surface area contributed by atoms with Crippen LogP contribution in [0.1, 0.15) is 12.5 Å². The maximum Gasteiger partial charge on any atom is 0.0626 e. The first-order valence-electron chi connectivity index (χ1n) is 15.6. The lowest BCUT2D eigenvalue weighted by Gasteiger charge is -2.08. The molecule has 4 heterocycles. The Morgan fingerprint density at radius 3 is 2.00 bits per heavy atom. The highest BCUT2D eigenvalue weighted by Gasteiger charge is 2.22. The molecule has 0 aliphatic heterocycles. The van der Waals surface area contributed by atoms with Gasteiger partial charge in [-0.25, -0.2) is 0 Å². The standard InChI is InChI=1S/C43H28N2/c1-3-5-11-26(4-2)27-19-23-39-36(24-27)34-22-21-29(41-35-13-7-9-17-38(35)44(39)43(34)41)28-18-20-31-33-15-10-14-32-30-12-6-8-16-37(30)45(42(32)33)40(31)25-28/h3-25H,1H2,2H3/b11-5-,26-4+. The number of para-hydroxylation sites is 3. The summed E-state index contributed by atoms with van der Waals surface area (Å²) >= 11 is 0. The van der Waals surface area contributed by atoms with Gasteiger partial charge >= 0.3 is 0 Å². The second-order valence-corrected chi connectivity index (χ2v) is 12.1. The molecule has 0 saturated carbocycles. The predicted octanol–water partition coefficient (Wildman–Crippen LogP) is 11.8. The van der Waals surface area contributed by atoms with Crippen LogP contribution in [0.2, 0.25) is 0 Å². The number of hydrogen-bond acceptors (Lipinski definition) is 0. The van der Waals surface area contributed by atoms with Crippen LogP contribution in [0.25, 0.3) is 92.9 Å². The van der Waals surface area contributed by atoms with Crippen molar-refractivity contribution >= 4 is 81.8 Å². The molecule has 0 aliphatic carbocycles. The highest BCUT2D eigenvalue weighted by Crippen LogP contribution is 2.46. The minimum atomic E-state index is 1.19. The van der Waals surface area contributed by atoms with Crippen LogP contribution in [0.5, 0.6) is 0 Å². The lowest BCUT2D eigenvalue weighted by atomic mass is 9.95. The molecule has 0 N–H and O–H groups in total. The van der Waals surface area contributed by atoms with E-state index in [0.29, 0.717) is 0 Å². The quantitative estimate of drug-likeness (QED) is 0.186. The Hall–Kier alpha value is -5.86. The van der Waals surface area contributed by atoms with Crippen LogP contribution >= 0.6 is 0 Å². The van der Waals surface area contributed by atoms with Gasteiger partial charge < -0.3 is 8.80 Å². The van der Waals surface area contributed by atoms with Gasteiger partial charge in [0.15, 0.2) is 0 Å². The van der Waals surface area contributed by atoms with Crippen LogP contribution in [-0.4, -0.2) is 8.80 Å². The SMILES string of the molecule is C=C/C=C\C(=C/C)c1ccc2c(c1)c1ccc(-c3ccc4c5cccc6c7ccccc7n(c4c3)c65)c3c4ccccc4n2c13. The first kappa shape index (κ1) is 24.6. The second kappa shape index (κ2) is 8.84. The van der Waals surface area contributed by atoms with Crippen molar-refractivity contribution in [2.75, 3.05) is 0 Å². The van der Waals surface area contributed by atoms with Crippen molar-refractivity contribution < 1.29 is 0 Å². The third kappa shape index (κ3) is 3.08. The summed E-state index contributed by atoms with van der Waals surface area (Å²) in [5.41, 5.74) is 12.5. The molecule has 10 aromatic rings. The van der Waals surface area contributed by atoms with Crippen LogP contribution in [0.3, 0.4) is 0 Å². The average molecular weight is 573 g/mol. The van der Waals surface area contributed by atoms with E-state index in [1.54, 1.807) is 0 Å². The molecular formula is C43H28N2. The zero-order valence-electron chi connectivity index (χ0n) is 24.9. The fraction of sp³-hybridized carbons (Fsp3) is 0.0233. The maximum absolute atomic E-state index is 3.86. The van der Waals surface area contributed by atoms with E-state index in [-0.39, 0.29) is 0 Å². The fourth-order valence-electron chi connectivity index (χ4n) is 8.06. The number of allylic oxidation sites excluding steroid dienone is 5. The predicted molar refractivity (Wildman–Crippen MR) is 194 cm³/mol. The van der Waals surface area contributed by atoms with E-state index < -0.39 is 0 Å². The summed E-state index contributed by atoms with van der Waals surface area (Å²) in [6, 6.07) is 43.0. The highest BCUT2D eigenvalue weighted by molar-refractivity contribution is 6.28. The molecule has 2 heteroatoms. The average Bonchev–Trinajstić information content (AvgIpc) is 3.82. The van der Waals surface area contributed by atoms with E-state index in [4.69, 9.17) is 0 Å². The molecule has 0 amide bonds. The van der Waals surface area contributed by atoms with Gasteiger partial charge in [-0.1, -0.05) is 116 Å². The third-order valence-corrected chi connectivity index (χ3v) is 9.93. The van der Waals surface area contributed by atoms with Gasteiger partial charge in [-0.3, -0.25) is 0 Å². The van der Waals surface area contributed by atoms with Crippen LogP contribution in [0, 0.1) is 0 Å². The van der Waals surface area contributed by atoms with E-state index in [0.717, 1.165) is 0 Å². The Morgan fingerprint density at radius 2 is 1.20 bits per heavy atom. The molecule has 10 rings (SSSR count). The summed E-state index contributed by atoms with van der Waals surface area (Å²) < 4.78 is 4.95. The van der Waals surface area contributed by atoms with Gasteiger partial charge in [0, 0.05) is 43.1 Å². The number of fused-ring (bicyclic) bond motifs is 12. The normalized spacial score (nSPS) is 13.1. The van der Waals surface area contributed by atoms with Gasteiger partial charge in [0.05, 0.1) is 33.1 Å². The van der Waals surface area contributed by atoms with E-state index in [9.17, 15) is 0 Å². The summed E-state index contributed by atoms with van der Waals surface area (Å²) in [5, 5.41) is 10.4. The summed E-state index contributed by atoms with van der Waals surface area (Å²) in [6.45, 7) is 5.95. The molecule has 2 nitrogen and oxygen atoms in total.